The van der Waals surface area contributed by atoms with E-state index in [9.17, 15) is 22.8 Å². The van der Waals surface area contributed by atoms with E-state index in [1.807, 2.05) is 0 Å². The number of dihydropyridines is 1. The molecule has 2 fully saturated rings. The summed E-state index contributed by atoms with van der Waals surface area (Å²) in [5.41, 5.74) is -0.343. The summed E-state index contributed by atoms with van der Waals surface area (Å²) in [5.74, 6) is 0.445. The van der Waals surface area contributed by atoms with Crippen molar-refractivity contribution < 1.29 is 22.8 Å². The van der Waals surface area contributed by atoms with E-state index in [1.54, 1.807) is 48.9 Å². The van der Waals surface area contributed by atoms with Gasteiger partial charge in [0, 0.05) is 49.5 Å². The quantitative estimate of drug-likeness (QED) is 0.390. The van der Waals surface area contributed by atoms with Crippen molar-refractivity contribution in [2.45, 2.75) is 24.7 Å². The molecule has 222 valence electrons. The highest BCUT2D eigenvalue weighted by Crippen LogP contribution is 2.38. The Morgan fingerprint density at radius 1 is 1.21 bits per heavy atom. The Bertz CT molecular complexity index is 1420. The molecule has 2 amide bonds. The molecule has 3 N–H and O–H groups in total. The number of anilines is 1. The van der Waals surface area contributed by atoms with Crippen LogP contribution in [0.1, 0.15) is 24.1 Å². The summed E-state index contributed by atoms with van der Waals surface area (Å²) in [7, 11) is 2.81. The first-order valence-electron chi connectivity index (χ1n) is 13.4. The molecule has 2 saturated heterocycles. The van der Waals surface area contributed by atoms with Crippen LogP contribution < -0.4 is 20.9 Å². The molecule has 2 aromatic rings. The van der Waals surface area contributed by atoms with Crippen molar-refractivity contribution in [3.05, 3.63) is 70.7 Å². The van der Waals surface area contributed by atoms with Gasteiger partial charge in [0.1, 0.15) is 0 Å². The number of imide groups is 1. The number of rotatable bonds is 8. The SMILES string of the molecule is CN(C)C1(C(F)(F)F)C=C(CNCC2CCN(c3nccc(/C=C4\SC(=O)NC4=O)n3)CC2)C=C(c2cccnc2)N1. The number of pyridine rings is 1. The fourth-order valence-electron chi connectivity index (χ4n) is 5.11. The Kier molecular flexibility index (Phi) is 8.66. The van der Waals surface area contributed by atoms with Gasteiger partial charge in [0.15, 0.2) is 0 Å². The minimum atomic E-state index is -4.56. The maximum atomic E-state index is 14.4. The average Bonchev–Trinajstić information content (AvgIpc) is 3.29. The summed E-state index contributed by atoms with van der Waals surface area (Å²) in [4.78, 5) is 39.7. The van der Waals surface area contributed by atoms with Crippen LogP contribution in [-0.2, 0) is 4.79 Å². The third kappa shape index (κ3) is 6.50. The van der Waals surface area contributed by atoms with E-state index in [0.717, 1.165) is 42.6 Å². The number of carbonyl (C=O) groups excluding carboxylic acids is 2. The highest BCUT2D eigenvalue weighted by Gasteiger charge is 2.57. The van der Waals surface area contributed by atoms with Crippen LogP contribution in [0.3, 0.4) is 0 Å². The number of aromatic nitrogens is 3. The largest absolute Gasteiger partial charge is 0.429 e. The first-order valence-corrected chi connectivity index (χ1v) is 14.3. The van der Waals surface area contributed by atoms with E-state index in [0.29, 0.717) is 45.8 Å². The van der Waals surface area contributed by atoms with Crippen molar-refractivity contribution in [1.29, 1.82) is 0 Å². The molecule has 5 rings (SSSR count). The third-order valence-electron chi connectivity index (χ3n) is 7.40. The average molecular weight is 601 g/mol. The molecule has 42 heavy (non-hydrogen) atoms. The van der Waals surface area contributed by atoms with Crippen LogP contribution in [-0.4, -0.2) is 83.1 Å². The lowest BCUT2D eigenvalue weighted by Crippen LogP contribution is -2.64. The second-order valence-corrected chi connectivity index (χ2v) is 11.5. The van der Waals surface area contributed by atoms with Gasteiger partial charge in [-0.2, -0.15) is 13.2 Å². The zero-order valence-electron chi connectivity index (χ0n) is 23.1. The van der Waals surface area contributed by atoms with Crippen molar-refractivity contribution in [3.8, 4) is 0 Å². The molecule has 1 atom stereocenters. The number of alkyl halides is 3. The molecule has 3 aliphatic rings. The van der Waals surface area contributed by atoms with Crippen molar-refractivity contribution in [2.75, 3.05) is 45.2 Å². The van der Waals surface area contributed by atoms with E-state index in [2.05, 4.69) is 35.8 Å². The number of nitrogens with zero attached hydrogens (tertiary/aromatic N) is 5. The van der Waals surface area contributed by atoms with Gasteiger partial charge in [-0.3, -0.25) is 24.8 Å². The monoisotopic (exact) mass is 600 g/mol. The minimum Gasteiger partial charge on any atom is -0.356 e. The lowest BCUT2D eigenvalue weighted by atomic mass is 9.95. The second-order valence-electron chi connectivity index (χ2n) is 10.5. The van der Waals surface area contributed by atoms with Gasteiger partial charge in [0.2, 0.25) is 11.6 Å². The lowest BCUT2D eigenvalue weighted by Gasteiger charge is -2.43. The molecule has 10 nitrogen and oxygen atoms in total. The molecule has 3 aliphatic heterocycles. The summed E-state index contributed by atoms with van der Waals surface area (Å²) in [6.07, 6.45) is 6.45. The molecule has 0 radical (unpaired) electrons. The zero-order valence-corrected chi connectivity index (χ0v) is 23.9. The molecule has 1 unspecified atom stereocenters. The molecule has 2 aromatic heterocycles. The van der Waals surface area contributed by atoms with E-state index in [4.69, 9.17) is 0 Å². The number of piperidine rings is 1. The van der Waals surface area contributed by atoms with Crippen molar-refractivity contribution in [3.63, 3.8) is 0 Å². The number of thioether (sulfide) groups is 1. The highest BCUT2D eigenvalue weighted by molar-refractivity contribution is 8.18. The zero-order chi connectivity index (χ0) is 29.9. The van der Waals surface area contributed by atoms with Gasteiger partial charge in [-0.05, 0) is 93.2 Å². The Morgan fingerprint density at radius 3 is 2.64 bits per heavy atom. The Labute approximate surface area is 245 Å². The molecular weight excluding hydrogens is 569 g/mol. The first kappa shape index (κ1) is 29.7. The second kappa shape index (κ2) is 12.2. The van der Waals surface area contributed by atoms with Gasteiger partial charge in [0.05, 0.1) is 10.6 Å². The number of hydrogen-bond donors (Lipinski definition) is 3. The summed E-state index contributed by atoms with van der Waals surface area (Å²) < 4.78 is 43.2. The van der Waals surface area contributed by atoms with E-state index in [-0.39, 0.29) is 6.54 Å². The lowest BCUT2D eigenvalue weighted by molar-refractivity contribution is -0.214. The number of nitrogens with one attached hydrogen (secondary N) is 3. The van der Waals surface area contributed by atoms with Gasteiger partial charge >= 0.3 is 6.18 Å². The van der Waals surface area contributed by atoms with Crippen LogP contribution in [0.25, 0.3) is 11.8 Å². The van der Waals surface area contributed by atoms with Gasteiger partial charge in [-0.25, -0.2) is 9.97 Å². The molecular formula is C28H31F3N8O2S. The van der Waals surface area contributed by atoms with E-state index < -0.39 is 23.0 Å². The van der Waals surface area contributed by atoms with Crippen molar-refractivity contribution in [2.24, 2.45) is 5.92 Å². The van der Waals surface area contributed by atoms with E-state index >= 15 is 0 Å². The predicted molar refractivity (Wildman–Crippen MR) is 155 cm³/mol. The summed E-state index contributed by atoms with van der Waals surface area (Å²) in [6, 6.07) is 5.10. The normalized spacial score (nSPS) is 22.7. The molecule has 0 aromatic carbocycles. The fraction of sp³-hybridized carbons (Fsp3) is 0.393. The molecule has 0 bridgehead atoms. The first-order chi connectivity index (χ1) is 20.0. The third-order valence-corrected chi connectivity index (χ3v) is 8.21. The van der Waals surface area contributed by atoms with Gasteiger partial charge in [0.25, 0.3) is 11.1 Å². The van der Waals surface area contributed by atoms with Gasteiger partial charge in [-0.15, -0.1) is 0 Å². The number of carbonyl (C=O) groups is 2. The molecule has 0 aliphatic carbocycles. The minimum absolute atomic E-state index is 0.283. The fourth-order valence-corrected chi connectivity index (χ4v) is 5.77. The summed E-state index contributed by atoms with van der Waals surface area (Å²) >= 11 is 0.838. The number of halogens is 3. The topological polar surface area (TPSA) is 115 Å². The number of amides is 2. The predicted octanol–water partition coefficient (Wildman–Crippen LogP) is 3.39. The van der Waals surface area contributed by atoms with Gasteiger partial charge < -0.3 is 15.5 Å². The summed E-state index contributed by atoms with van der Waals surface area (Å²) in [5, 5.41) is 7.89. The van der Waals surface area contributed by atoms with Crippen LogP contribution in [0.5, 0.6) is 0 Å². The van der Waals surface area contributed by atoms with Crippen LogP contribution in [0, 0.1) is 5.92 Å². The Morgan fingerprint density at radius 2 is 2.00 bits per heavy atom. The Hall–Kier alpha value is -3.75. The maximum absolute atomic E-state index is 14.4. The molecule has 0 saturated carbocycles. The summed E-state index contributed by atoms with van der Waals surface area (Å²) in [6.45, 7) is 2.37. The maximum Gasteiger partial charge on any atom is 0.429 e. The molecule has 14 heteroatoms. The standard InChI is InChI=1S/C28H31F3N8O2S/c1-38(2)27(28(29,30)31)14-19(12-22(37-27)20-4-3-8-32-17-20)16-33-15-18-6-10-39(11-7-18)25-34-9-5-21(35-25)13-23-24(40)36-26(41)42-23/h3-5,8-9,12-14,17-18,33,37H,6-7,10-11,15-16H2,1-2H3,(H,36,40,41)/b23-13-. The van der Waals surface area contributed by atoms with Crippen LogP contribution in [0.4, 0.5) is 23.9 Å². The number of hydrogen-bond acceptors (Lipinski definition) is 10. The van der Waals surface area contributed by atoms with Crippen molar-refractivity contribution >= 4 is 40.6 Å². The Balaban J connectivity index is 1.20. The molecule has 5 heterocycles. The number of likely N-dealkylation sites (N-methyl/N-ethyl adjacent to an activating group) is 1. The smallest absolute Gasteiger partial charge is 0.356 e. The highest BCUT2D eigenvalue weighted by atomic mass is 32.2. The van der Waals surface area contributed by atoms with E-state index in [1.165, 1.54) is 20.2 Å². The molecule has 0 spiro atoms. The van der Waals surface area contributed by atoms with Crippen LogP contribution in [0.15, 0.2) is 59.4 Å². The van der Waals surface area contributed by atoms with Crippen LogP contribution >= 0.6 is 11.8 Å². The van der Waals surface area contributed by atoms with Crippen molar-refractivity contribution in [1.82, 2.24) is 35.8 Å². The van der Waals surface area contributed by atoms with Crippen LogP contribution in [0.2, 0.25) is 0 Å². The van der Waals surface area contributed by atoms with Gasteiger partial charge in [-0.1, -0.05) is 0 Å².